The zero-order chi connectivity index (χ0) is 28.7. The number of hydrogen-bond donors (Lipinski definition) is 0. The molecule has 0 heterocycles. The van der Waals surface area contributed by atoms with Crippen molar-refractivity contribution in [3.05, 3.63) is 47.0 Å². The number of hydrazone groups is 1. The zero-order valence-corrected chi connectivity index (χ0v) is 25.2. The number of halogens is 2. The van der Waals surface area contributed by atoms with Gasteiger partial charge in [0.15, 0.2) is 0 Å². The van der Waals surface area contributed by atoms with Crippen molar-refractivity contribution in [2.75, 3.05) is 39.4 Å². The second kappa shape index (κ2) is 16.9. The van der Waals surface area contributed by atoms with Crippen molar-refractivity contribution in [1.82, 2.24) is 4.90 Å². The third-order valence-electron chi connectivity index (χ3n) is 5.27. The average Bonchev–Trinajstić information content (AvgIpc) is 2.88. The second-order valence-electron chi connectivity index (χ2n) is 8.17. The first-order chi connectivity index (χ1) is 18.0. The monoisotopic (exact) mass is 566 g/mol. The number of alkyl halides is 2. The number of anilines is 1. The Bertz CT molecular complexity index is 1110. The number of nitrogens with zero attached hydrogens (tertiary/aromatic N) is 4. The first-order valence-electron chi connectivity index (χ1n) is 12.1. The number of hydrogen-bond acceptors (Lipinski definition) is 6. The molecule has 7 nitrogen and oxygen atoms in total. The quantitative estimate of drug-likeness (QED) is 0.103. The van der Waals surface area contributed by atoms with Crippen molar-refractivity contribution in [3.63, 3.8) is 0 Å². The van der Waals surface area contributed by atoms with Crippen molar-refractivity contribution in [3.8, 4) is 17.6 Å². The van der Waals surface area contributed by atoms with Gasteiger partial charge in [-0.1, -0.05) is 34.1 Å². The van der Waals surface area contributed by atoms with Crippen LogP contribution in [0.25, 0.3) is 0 Å². The van der Waals surface area contributed by atoms with Gasteiger partial charge in [0.05, 0.1) is 36.9 Å². The lowest BCUT2D eigenvalue weighted by Gasteiger charge is -2.29. The number of amides is 1. The smallest absolute Gasteiger partial charge is 0.285 e. The number of benzene rings is 1. The summed E-state index contributed by atoms with van der Waals surface area (Å²) in [4.78, 5) is 18.9. The van der Waals surface area contributed by atoms with Crippen molar-refractivity contribution in [2.45, 2.75) is 45.3 Å². The second-order valence-corrected chi connectivity index (χ2v) is 9.63. The first-order valence-corrected chi connectivity index (χ1v) is 13.2. The van der Waals surface area contributed by atoms with E-state index in [1.165, 1.54) is 34.8 Å². The number of aliphatic imine (C=N–C) groups is 1. The molecular weight excluding hydrogens is 528 g/mol. The molecule has 0 bridgehead atoms. The van der Waals surface area contributed by atoms with E-state index in [4.69, 9.17) is 9.47 Å². The van der Waals surface area contributed by atoms with E-state index in [-0.39, 0.29) is 30.5 Å². The lowest BCUT2D eigenvalue weighted by molar-refractivity contribution is 0.0617. The van der Waals surface area contributed by atoms with E-state index >= 15 is 0 Å². The number of allylic oxidation sites excluding steroid dienone is 3. The van der Waals surface area contributed by atoms with Crippen molar-refractivity contribution in [1.29, 1.82) is 0 Å². The Labute approximate surface area is 229 Å². The molecule has 0 aliphatic carbocycles. The lowest BCUT2D eigenvalue weighted by Crippen LogP contribution is -2.41. The predicted molar refractivity (Wildman–Crippen MR) is 160 cm³/mol. The van der Waals surface area contributed by atoms with Gasteiger partial charge in [-0.3, -0.25) is 14.8 Å². The molecule has 3 atom stereocenters. The van der Waals surface area contributed by atoms with E-state index in [1.807, 2.05) is 20.8 Å². The van der Waals surface area contributed by atoms with Crippen LogP contribution in [0.2, 0.25) is 0 Å². The minimum atomic E-state index is -3.07. The van der Waals surface area contributed by atoms with E-state index < -0.39 is 5.66 Å². The molecule has 0 fully saturated rings. The van der Waals surface area contributed by atoms with Gasteiger partial charge in [0, 0.05) is 44.9 Å². The summed E-state index contributed by atoms with van der Waals surface area (Å²) in [6, 6.07) is 4.92. The third-order valence-corrected chi connectivity index (χ3v) is 5.98. The minimum Gasteiger partial charge on any atom is -0.499 e. The molecule has 0 saturated heterocycles. The molecule has 0 aliphatic rings. The molecule has 1 aromatic rings. The van der Waals surface area contributed by atoms with E-state index in [9.17, 15) is 13.6 Å². The summed E-state index contributed by atoms with van der Waals surface area (Å²) in [7, 11) is 8.72. The third kappa shape index (κ3) is 10.9. The van der Waals surface area contributed by atoms with Crippen LogP contribution in [0.4, 0.5) is 14.5 Å². The number of ether oxygens (including phenoxy) is 2. The normalized spacial score (nSPS) is 13.3. The topological polar surface area (TPSA) is 66.7 Å². The van der Waals surface area contributed by atoms with Crippen LogP contribution in [-0.4, -0.2) is 69.3 Å². The maximum absolute atomic E-state index is 13.6. The highest BCUT2D eigenvalue weighted by atomic mass is 31.0. The van der Waals surface area contributed by atoms with Gasteiger partial charge < -0.3 is 14.4 Å². The Hall–Kier alpha value is -2.81. The first kappa shape index (κ1) is 33.2. The molecule has 1 aromatic carbocycles. The number of methoxy groups -OCH3 is 1. The molecule has 0 N–H and O–H groups in total. The maximum atomic E-state index is 13.6. The maximum Gasteiger partial charge on any atom is 0.285 e. The fourth-order valence-electron chi connectivity index (χ4n) is 3.30. The van der Waals surface area contributed by atoms with Crippen molar-refractivity contribution < 1.29 is 23.0 Å². The van der Waals surface area contributed by atoms with Crippen LogP contribution in [0.5, 0.6) is 5.75 Å². The minimum absolute atomic E-state index is 0.188. The van der Waals surface area contributed by atoms with Gasteiger partial charge >= 0.3 is 0 Å². The van der Waals surface area contributed by atoms with Crippen LogP contribution in [0.15, 0.2) is 51.5 Å². The number of likely N-dealkylation sites (N-methyl/N-ethyl adjacent to an activating group) is 1. The molecular formula is C27H38F2N4O3P2. The van der Waals surface area contributed by atoms with E-state index in [0.29, 0.717) is 28.9 Å². The van der Waals surface area contributed by atoms with Crippen molar-refractivity contribution >= 4 is 42.5 Å². The lowest BCUT2D eigenvalue weighted by atomic mass is 10.1. The summed E-state index contributed by atoms with van der Waals surface area (Å²) in [6.07, 6.45) is 6.48. The highest BCUT2D eigenvalue weighted by Crippen LogP contribution is 2.31. The van der Waals surface area contributed by atoms with Crippen LogP contribution in [0, 0.1) is 11.8 Å². The molecule has 0 saturated carbocycles. The Morgan fingerprint density at radius 1 is 1.32 bits per heavy atom. The van der Waals surface area contributed by atoms with Gasteiger partial charge in [0.2, 0.25) is 0 Å². The summed E-state index contributed by atoms with van der Waals surface area (Å²) < 4.78 is 38.3. The van der Waals surface area contributed by atoms with Gasteiger partial charge in [0.1, 0.15) is 12.4 Å². The average molecular weight is 567 g/mol. The Morgan fingerprint density at radius 2 is 2.03 bits per heavy atom. The van der Waals surface area contributed by atoms with Crippen LogP contribution in [-0.2, 0) is 4.74 Å². The molecule has 1 rings (SSSR count). The van der Waals surface area contributed by atoms with E-state index in [1.54, 1.807) is 42.3 Å². The Morgan fingerprint density at radius 3 is 2.61 bits per heavy atom. The van der Waals surface area contributed by atoms with Gasteiger partial charge in [-0.15, -0.1) is 9.24 Å². The van der Waals surface area contributed by atoms with Gasteiger partial charge in [-0.05, 0) is 37.7 Å². The largest absolute Gasteiger partial charge is 0.499 e. The number of rotatable bonds is 13. The number of carbonyl (C=O) groups is 1. The van der Waals surface area contributed by atoms with Gasteiger partial charge in [-0.2, -0.15) is 13.9 Å². The molecule has 38 heavy (non-hydrogen) atoms. The molecule has 2 unspecified atom stereocenters. The van der Waals surface area contributed by atoms with Crippen LogP contribution < -0.4 is 9.75 Å². The molecule has 0 radical (unpaired) electrons. The molecule has 0 aliphatic heterocycles. The van der Waals surface area contributed by atoms with Crippen molar-refractivity contribution in [2.24, 2.45) is 10.1 Å². The van der Waals surface area contributed by atoms with Crippen LogP contribution in [0.3, 0.4) is 0 Å². The zero-order valence-electron chi connectivity index (χ0n) is 22.9. The predicted octanol–water partition coefficient (Wildman–Crippen LogP) is 5.60. The summed E-state index contributed by atoms with van der Waals surface area (Å²) in [5.41, 5.74) is -2.23. The SMILES string of the molecule is CCC#C/C=N\N(C)c1cc(OC)ccc1C(=O)N(CC)[C@@H](C)CO/C=C(\P)C/C=C(\C=N/C)C(F)(F)P. The molecule has 0 aromatic heterocycles. The highest BCUT2D eigenvalue weighted by molar-refractivity contribution is 7.22. The Kier molecular flexibility index (Phi) is 14.8. The fourth-order valence-corrected chi connectivity index (χ4v) is 3.70. The molecule has 11 heteroatoms. The molecule has 208 valence electrons. The summed E-state index contributed by atoms with van der Waals surface area (Å²) >= 11 is 0. The van der Waals surface area contributed by atoms with Crippen LogP contribution >= 0.6 is 18.5 Å². The van der Waals surface area contributed by atoms with Crippen LogP contribution in [0.1, 0.15) is 44.0 Å². The standard InChI is InChI=1S/C27H38F2N4O3P2/c1-7-9-10-15-31-32(5)25-16-22(35-6)12-14-24(25)26(34)33(8-2)20(3)18-36-19-23(37)13-11-21(17-30-4)27(28,29)38/h11-12,14-17,19-20H,7-8,13,18,37-38H2,1-6H3/b21-11+,23-19-,30-17-,31-15-/t20-/m0/s1. The summed E-state index contributed by atoms with van der Waals surface area (Å²) in [5, 5.41) is 6.58. The van der Waals surface area contributed by atoms with E-state index in [0.717, 1.165) is 12.6 Å². The molecule has 1 amide bonds. The summed E-state index contributed by atoms with van der Waals surface area (Å²) in [6.45, 7) is 6.39. The Balaban J connectivity index is 3.02. The fraction of sp³-hybridized carbons (Fsp3) is 0.444. The molecule has 0 spiro atoms. The highest BCUT2D eigenvalue weighted by Gasteiger charge is 2.26. The number of carbonyl (C=O) groups excluding carboxylic acids is 1. The van der Waals surface area contributed by atoms with Gasteiger partial charge in [0.25, 0.3) is 11.6 Å². The van der Waals surface area contributed by atoms with Gasteiger partial charge in [-0.25, -0.2) is 0 Å². The van der Waals surface area contributed by atoms with E-state index in [2.05, 4.69) is 31.2 Å². The summed E-state index contributed by atoms with van der Waals surface area (Å²) in [5.74, 6) is 6.17.